The molecule has 39 heavy (non-hydrogen) atoms. The molecule has 0 radical (unpaired) electrons. The topological polar surface area (TPSA) is 82.5 Å². The highest BCUT2D eigenvalue weighted by atomic mass is 16.7. The van der Waals surface area contributed by atoms with Gasteiger partial charge >= 0.3 is 5.97 Å². The van der Waals surface area contributed by atoms with Crippen LogP contribution in [0.2, 0.25) is 0 Å². The first-order chi connectivity index (χ1) is 18.6. The number of likely N-dealkylation sites (tertiary alicyclic amines) is 1. The summed E-state index contributed by atoms with van der Waals surface area (Å²) < 4.78 is 11.1. The highest BCUT2D eigenvalue weighted by molar-refractivity contribution is 5.79. The van der Waals surface area contributed by atoms with Gasteiger partial charge in [-0.2, -0.15) is 0 Å². The number of nitrogens with zero attached hydrogens (tertiary/aromatic N) is 3. The maximum absolute atomic E-state index is 13.7. The van der Waals surface area contributed by atoms with E-state index in [1.807, 2.05) is 36.1 Å². The highest BCUT2D eigenvalue weighted by Gasteiger charge is 2.48. The summed E-state index contributed by atoms with van der Waals surface area (Å²) in [6.07, 6.45) is 8.81. The number of rotatable bonds is 15. The predicted molar refractivity (Wildman–Crippen MR) is 154 cm³/mol. The summed E-state index contributed by atoms with van der Waals surface area (Å²) in [4.78, 5) is 32.8. The maximum atomic E-state index is 13.7. The van der Waals surface area contributed by atoms with Gasteiger partial charge in [0, 0.05) is 31.6 Å². The highest BCUT2D eigenvalue weighted by Crippen LogP contribution is 2.45. The average Bonchev–Trinajstić information content (AvgIpc) is 3.47. The van der Waals surface area contributed by atoms with Crippen molar-refractivity contribution in [2.45, 2.75) is 71.8 Å². The summed E-state index contributed by atoms with van der Waals surface area (Å²) in [7, 11) is 4.14. The molecule has 0 aliphatic carbocycles. The van der Waals surface area contributed by atoms with Crippen LogP contribution in [-0.2, 0) is 9.59 Å². The van der Waals surface area contributed by atoms with E-state index in [-0.39, 0.29) is 36.6 Å². The summed E-state index contributed by atoms with van der Waals surface area (Å²) >= 11 is 0. The number of carbonyl (C=O) groups excluding carboxylic acids is 1. The zero-order chi connectivity index (χ0) is 28.6. The van der Waals surface area contributed by atoms with E-state index in [1.165, 1.54) is 0 Å². The van der Waals surface area contributed by atoms with Gasteiger partial charge in [0.25, 0.3) is 0 Å². The van der Waals surface area contributed by atoms with E-state index in [1.54, 1.807) is 0 Å². The summed E-state index contributed by atoms with van der Waals surface area (Å²) in [5, 5.41) is 10.5. The summed E-state index contributed by atoms with van der Waals surface area (Å²) in [5.74, 6) is -0.270. The van der Waals surface area contributed by atoms with Crippen LogP contribution >= 0.6 is 0 Å². The Morgan fingerprint density at radius 3 is 2.46 bits per heavy atom. The zero-order valence-electron chi connectivity index (χ0n) is 24.8. The van der Waals surface area contributed by atoms with E-state index in [0.29, 0.717) is 24.5 Å². The molecule has 2 heterocycles. The number of ether oxygens (including phenoxy) is 2. The zero-order valence-corrected chi connectivity index (χ0v) is 24.8. The van der Waals surface area contributed by atoms with Gasteiger partial charge in [-0.1, -0.05) is 45.4 Å². The van der Waals surface area contributed by atoms with Crippen molar-refractivity contribution in [2.24, 2.45) is 11.3 Å². The first-order valence-electron chi connectivity index (χ1n) is 14.5. The van der Waals surface area contributed by atoms with Crippen molar-refractivity contribution in [3.8, 4) is 11.5 Å². The smallest absolute Gasteiger partial charge is 0.308 e. The Morgan fingerprint density at radius 1 is 1.10 bits per heavy atom. The van der Waals surface area contributed by atoms with E-state index in [0.717, 1.165) is 50.9 Å². The normalized spacial score (nSPS) is 21.3. The van der Waals surface area contributed by atoms with Crippen LogP contribution in [0.15, 0.2) is 30.4 Å². The Labute approximate surface area is 234 Å². The van der Waals surface area contributed by atoms with Crippen LogP contribution in [0.3, 0.4) is 0 Å². The van der Waals surface area contributed by atoms with Gasteiger partial charge in [-0.15, -0.1) is 0 Å². The van der Waals surface area contributed by atoms with E-state index in [9.17, 15) is 14.7 Å². The number of aliphatic carboxylic acids is 1. The number of benzene rings is 1. The first-order valence-corrected chi connectivity index (χ1v) is 14.5. The van der Waals surface area contributed by atoms with Gasteiger partial charge in [0.15, 0.2) is 11.5 Å². The third-order valence-corrected chi connectivity index (χ3v) is 7.97. The van der Waals surface area contributed by atoms with Crippen molar-refractivity contribution in [3.05, 3.63) is 35.9 Å². The van der Waals surface area contributed by atoms with Crippen LogP contribution in [0.4, 0.5) is 0 Å². The van der Waals surface area contributed by atoms with Crippen molar-refractivity contribution in [1.29, 1.82) is 0 Å². The molecule has 1 amide bonds. The number of hydrogen-bond donors (Lipinski definition) is 1. The van der Waals surface area contributed by atoms with Crippen molar-refractivity contribution in [2.75, 3.05) is 53.6 Å². The number of hydrogen-bond acceptors (Lipinski definition) is 6. The second-order valence-electron chi connectivity index (χ2n) is 12.0. The minimum atomic E-state index is -0.819. The Kier molecular flexibility index (Phi) is 11.2. The number of unbranched alkanes of at least 4 members (excludes halogenated alkanes) is 2. The molecule has 0 unspecified atom stereocenters. The lowest BCUT2D eigenvalue weighted by Crippen LogP contribution is -2.46. The van der Waals surface area contributed by atoms with Crippen molar-refractivity contribution >= 4 is 11.9 Å². The number of carboxylic acids is 1. The Hall–Kier alpha value is -2.58. The second-order valence-corrected chi connectivity index (χ2v) is 12.0. The third-order valence-electron chi connectivity index (χ3n) is 7.97. The molecule has 218 valence electrons. The molecule has 3 atom stereocenters. The molecule has 1 saturated heterocycles. The van der Waals surface area contributed by atoms with Crippen LogP contribution < -0.4 is 9.47 Å². The quantitative estimate of drug-likeness (QED) is 0.250. The monoisotopic (exact) mass is 543 g/mol. The molecular weight excluding hydrogens is 494 g/mol. The molecule has 1 fully saturated rings. The van der Waals surface area contributed by atoms with Crippen LogP contribution in [0.1, 0.15) is 71.3 Å². The lowest BCUT2D eigenvalue weighted by molar-refractivity contribution is -0.144. The first kappa shape index (κ1) is 31.0. The van der Waals surface area contributed by atoms with E-state index in [2.05, 4.69) is 50.7 Å². The molecule has 2 aliphatic heterocycles. The summed E-state index contributed by atoms with van der Waals surface area (Å²) in [5.41, 5.74) is 0.716. The third kappa shape index (κ3) is 8.45. The molecule has 2 aliphatic rings. The molecule has 1 aromatic rings. The van der Waals surface area contributed by atoms with E-state index >= 15 is 0 Å². The van der Waals surface area contributed by atoms with E-state index in [4.69, 9.17) is 9.47 Å². The Balaban J connectivity index is 1.86. The summed E-state index contributed by atoms with van der Waals surface area (Å²) in [6, 6.07) is 5.46. The number of allylic oxidation sites excluding steroid dienone is 2. The SMILES string of the molecule is CC=CC(C)(C)C[C@H]1[C@H](C(=O)O)[C@@H](c2ccc3c(c2)OCO3)CN1CC(=O)N(CCCC)CCCCN(C)C. The van der Waals surface area contributed by atoms with Gasteiger partial charge < -0.3 is 24.4 Å². The molecule has 0 bridgehead atoms. The van der Waals surface area contributed by atoms with Crippen LogP contribution in [0.5, 0.6) is 11.5 Å². The fraction of sp³-hybridized carbons (Fsp3) is 0.677. The van der Waals surface area contributed by atoms with Gasteiger partial charge in [0.05, 0.1) is 12.5 Å². The van der Waals surface area contributed by atoms with Gasteiger partial charge in [0.2, 0.25) is 12.7 Å². The number of fused-ring (bicyclic) bond motifs is 1. The molecule has 1 aromatic carbocycles. The fourth-order valence-electron chi connectivity index (χ4n) is 6.00. The van der Waals surface area contributed by atoms with Gasteiger partial charge in [0.1, 0.15) is 0 Å². The molecular formula is C31H49N3O5. The minimum absolute atomic E-state index is 0.0950. The van der Waals surface area contributed by atoms with Crippen molar-refractivity contribution < 1.29 is 24.2 Å². The lowest BCUT2D eigenvalue weighted by Gasteiger charge is -2.34. The standard InChI is InChI=1S/C31H49N3O5/c1-7-9-16-33(17-11-10-15-32(5)6)28(35)21-34-20-24(23-12-13-26-27(18-23)39-22-38-26)29(30(36)37)25(34)19-31(3,4)14-8-2/h8,12-14,18,24-25,29H,7,9-11,15-17,19-22H2,1-6H3,(H,36,37)/t24-,25+,29-/m1/s1. The Morgan fingerprint density at radius 2 is 1.79 bits per heavy atom. The molecule has 0 spiro atoms. The largest absolute Gasteiger partial charge is 0.481 e. The molecule has 3 rings (SSSR count). The number of carbonyl (C=O) groups is 2. The second kappa shape index (κ2) is 14.2. The molecule has 0 saturated carbocycles. The lowest BCUT2D eigenvalue weighted by atomic mass is 9.77. The molecule has 0 aromatic heterocycles. The average molecular weight is 544 g/mol. The molecule has 8 heteroatoms. The van der Waals surface area contributed by atoms with Gasteiger partial charge in [-0.3, -0.25) is 14.5 Å². The molecule has 1 N–H and O–H groups in total. The maximum Gasteiger partial charge on any atom is 0.308 e. The predicted octanol–water partition coefficient (Wildman–Crippen LogP) is 4.85. The van der Waals surface area contributed by atoms with Crippen LogP contribution in [0.25, 0.3) is 0 Å². The Bertz CT molecular complexity index is 992. The van der Waals surface area contributed by atoms with Crippen LogP contribution in [0, 0.1) is 11.3 Å². The fourth-order valence-corrected chi connectivity index (χ4v) is 6.00. The minimum Gasteiger partial charge on any atom is -0.481 e. The van der Waals surface area contributed by atoms with Crippen molar-refractivity contribution in [1.82, 2.24) is 14.7 Å². The summed E-state index contributed by atoms with van der Waals surface area (Å²) in [6.45, 7) is 11.8. The van der Waals surface area contributed by atoms with Gasteiger partial charge in [-0.25, -0.2) is 0 Å². The number of amides is 1. The van der Waals surface area contributed by atoms with Gasteiger partial charge in [-0.05, 0) is 76.4 Å². The number of carboxylic acid groups (broad SMARTS) is 1. The van der Waals surface area contributed by atoms with Crippen LogP contribution in [-0.4, -0.2) is 91.3 Å². The van der Waals surface area contributed by atoms with E-state index < -0.39 is 11.9 Å². The van der Waals surface area contributed by atoms with Crippen molar-refractivity contribution in [3.63, 3.8) is 0 Å². The molecule has 8 nitrogen and oxygen atoms in total.